The number of esters is 2. The van der Waals surface area contributed by atoms with Gasteiger partial charge in [0.15, 0.2) is 6.10 Å². The number of nitrogens with zero attached hydrogens (tertiary/aromatic N) is 1. The fourth-order valence-corrected chi connectivity index (χ4v) is 12.8. The molecule has 0 aliphatic carbocycles. The largest absolute Gasteiger partial charge is 0.756 e. The van der Waals surface area contributed by atoms with Gasteiger partial charge in [-0.2, -0.15) is 0 Å². The van der Waals surface area contributed by atoms with Crippen LogP contribution < -0.4 is 4.89 Å². The van der Waals surface area contributed by atoms with E-state index < -0.39 is 26.5 Å². The van der Waals surface area contributed by atoms with Gasteiger partial charge in [-0.25, -0.2) is 0 Å². The van der Waals surface area contributed by atoms with Crippen molar-refractivity contribution >= 4 is 19.8 Å². The van der Waals surface area contributed by atoms with Crippen LogP contribution in [0.15, 0.2) is 72.9 Å². The summed E-state index contributed by atoms with van der Waals surface area (Å²) in [6.07, 6.45) is 102. The van der Waals surface area contributed by atoms with Gasteiger partial charge >= 0.3 is 11.9 Å². The molecule has 0 aromatic carbocycles. The first kappa shape index (κ1) is 91.4. The van der Waals surface area contributed by atoms with Crippen molar-refractivity contribution in [1.29, 1.82) is 0 Å². The maximum atomic E-state index is 12.9. The van der Waals surface area contributed by atoms with Gasteiger partial charge in [-0.1, -0.05) is 376 Å². The topological polar surface area (TPSA) is 111 Å². The lowest BCUT2D eigenvalue weighted by atomic mass is 10.0. The van der Waals surface area contributed by atoms with E-state index in [1.165, 1.54) is 295 Å². The summed E-state index contributed by atoms with van der Waals surface area (Å²) in [4.78, 5) is 38.2. The molecule has 0 amide bonds. The quantitative estimate of drug-likeness (QED) is 0.0195. The number of allylic oxidation sites excluding steroid dienone is 12. The predicted octanol–water partition coefficient (Wildman–Crippen LogP) is 26.4. The number of carbonyl (C=O) groups excluding carboxylic acids is 2. The van der Waals surface area contributed by atoms with Gasteiger partial charge in [-0.3, -0.25) is 14.2 Å². The molecule has 10 heteroatoms. The Morgan fingerprint density at radius 3 is 0.915 bits per heavy atom. The number of hydrogen-bond acceptors (Lipinski definition) is 8. The molecule has 0 saturated heterocycles. The van der Waals surface area contributed by atoms with E-state index in [0.29, 0.717) is 17.4 Å². The van der Waals surface area contributed by atoms with Crippen molar-refractivity contribution in [3.05, 3.63) is 72.9 Å². The van der Waals surface area contributed by atoms with Gasteiger partial charge in [0.25, 0.3) is 7.82 Å². The van der Waals surface area contributed by atoms with Crippen molar-refractivity contribution in [1.82, 2.24) is 0 Å². The molecule has 0 N–H and O–H groups in total. The lowest BCUT2D eigenvalue weighted by Crippen LogP contribution is -2.37. The van der Waals surface area contributed by atoms with Crippen LogP contribution in [0, 0.1) is 0 Å². The maximum absolute atomic E-state index is 12.9. The molecule has 0 rings (SSSR count). The Balaban J connectivity index is 3.91. The van der Waals surface area contributed by atoms with Crippen molar-refractivity contribution < 1.29 is 42.1 Å². The number of quaternary nitrogens is 1. The standard InChI is InChI=1S/C84H156NO8P/c1-6-8-10-12-14-16-18-20-22-24-26-28-30-32-34-36-38-40-42-44-46-48-50-52-54-56-58-60-62-64-66-68-70-72-74-76-83(86)90-80-82(81-92-94(88,89)91-79-78-85(3,4)5)93-84(87)77-75-73-71-69-67-65-63-61-59-57-55-53-51-49-47-45-43-41-39-37-35-33-31-29-27-25-23-21-19-17-15-13-11-9-7-2/h9,11,15,17,21,23-24,26-27,29,33,35,82H,6-8,10,12-14,16,18-20,22,25,28,30-32,34,36-81H2,1-5H3/b11-9-,17-15-,23-21-,26-24-,29-27-,35-33-. The van der Waals surface area contributed by atoms with E-state index >= 15 is 0 Å². The molecule has 550 valence electrons. The van der Waals surface area contributed by atoms with Gasteiger partial charge in [0.05, 0.1) is 27.7 Å². The molecule has 0 saturated carbocycles. The second kappa shape index (κ2) is 74.7. The number of carbonyl (C=O) groups is 2. The molecule has 0 fully saturated rings. The van der Waals surface area contributed by atoms with Crippen LogP contribution in [0.1, 0.15) is 399 Å². The molecular weight excluding hydrogens is 1180 g/mol. The second-order valence-electron chi connectivity index (χ2n) is 28.8. The van der Waals surface area contributed by atoms with Gasteiger partial charge in [-0.15, -0.1) is 0 Å². The van der Waals surface area contributed by atoms with E-state index in [-0.39, 0.29) is 32.0 Å². The summed E-state index contributed by atoms with van der Waals surface area (Å²) in [5, 5.41) is 0. The highest BCUT2D eigenvalue weighted by Gasteiger charge is 2.22. The molecule has 0 aliphatic heterocycles. The van der Waals surface area contributed by atoms with E-state index in [4.69, 9.17) is 18.5 Å². The Bertz CT molecular complexity index is 1820. The minimum absolute atomic E-state index is 0.0293. The van der Waals surface area contributed by atoms with Gasteiger partial charge in [0, 0.05) is 12.8 Å². The van der Waals surface area contributed by atoms with Crippen molar-refractivity contribution in [2.75, 3.05) is 47.5 Å². The van der Waals surface area contributed by atoms with Crippen LogP contribution >= 0.6 is 7.82 Å². The summed E-state index contributed by atoms with van der Waals surface area (Å²) in [5.41, 5.74) is 0. The van der Waals surface area contributed by atoms with E-state index in [1.54, 1.807) is 0 Å². The van der Waals surface area contributed by atoms with Gasteiger partial charge in [0.2, 0.25) is 0 Å². The molecule has 0 bridgehead atoms. The number of phosphoric ester groups is 1. The number of phosphoric acid groups is 1. The average molecular weight is 1340 g/mol. The fraction of sp³-hybridized carbons (Fsp3) is 0.833. The summed E-state index contributed by atoms with van der Waals surface area (Å²) in [5.74, 6) is -0.812. The Hall–Kier alpha value is -2.55. The maximum Gasteiger partial charge on any atom is 0.306 e. The summed E-state index contributed by atoms with van der Waals surface area (Å²) in [6.45, 7) is 4.19. The Morgan fingerprint density at radius 2 is 0.606 bits per heavy atom. The molecular formula is C84H156NO8P. The highest BCUT2D eigenvalue weighted by molar-refractivity contribution is 7.45. The van der Waals surface area contributed by atoms with E-state index in [2.05, 4.69) is 86.8 Å². The van der Waals surface area contributed by atoms with Crippen molar-refractivity contribution in [2.45, 2.75) is 405 Å². The third-order valence-electron chi connectivity index (χ3n) is 18.2. The first-order valence-electron chi connectivity index (χ1n) is 40.6. The van der Waals surface area contributed by atoms with Crippen LogP contribution in [0.3, 0.4) is 0 Å². The highest BCUT2D eigenvalue weighted by atomic mass is 31.2. The molecule has 0 aromatic heterocycles. The van der Waals surface area contributed by atoms with Gasteiger partial charge < -0.3 is 27.9 Å². The first-order valence-corrected chi connectivity index (χ1v) is 42.1. The lowest BCUT2D eigenvalue weighted by molar-refractivity contribution is -0.870. The average Bonchev–Trinajstić information content (AvgIpc) is 1.68. The van der Waals surface area contributed by atoms with E-state index in [0.717, 1.165) is 70.6 Å². The normalized spacial score (nSPS) is 13.4. The van der Waals surface area contributed by atoms with Crippen LogP contribution in [0.2, 0.25) is 0 Å². The number of rotatable bonds is 76. The minimum atomic E-state index is -4.65. The summed E-state index contributed by atoms with van der Waals surface area (Å²) in [6, 6.07) is 0. The number of likely N-dealkylation sites (N-methyl/N-ethyl adjacent to an activating group) is 1. The Morgan fingerprint density at radius 1 is 0.340 bits per heavy atom. The number of unbranched alkanes of at least 4 members (excludes halogenated alkanes) is 50. The third kappa shape index (κ3) is 78.4. The molecule has 0 radical (unpaired) electrons. The molecule has 9 nitrogen and oxygen atoms in total. The molecule has 2 unspecified atom stereocenters. The SMILES string of the molecule is CC/C=C\C/C=C\C/C=C\C/C=C\C/C=C\CCCCCCCCCCCCCCCCCCCCCC(=O)OC(COC(=O)CCCCCCCCCCCCCCCCCCCCCCCCC/C=C\CCCCCCCCCC)COP(=O)([O-])OCC[N+](C)(C)C. The number of hydrogen-bond donors (Lipinski definition) is 0. The highest BCUT2D eigenvalue weighted by Crippen LogP contribution is 2.38. The molecule has 0 aliphatic rings. The third-order valence-corrected chi connectivity index (χ3v) is 19.2. The predicted molar refractivity (Wildman–Crippen MR) is 406 cm³/mol. The molecule has 0 aromatic rings. The molecule has 0 heterocycles. The van der Waals surface area contributed by atoms with E-state index in [1.807, 2.05) is 21.1 Å². The molecule has 2 atom stereocenters. The van der Waals surface area contributed by atoms with Crippen molar-refractivity contribution in [2.24, 2.45) is 0 Å². The van der Waals surface area contributed by atoms with Crippen LogP contribution in [-0.4, -0.2) is 70.0 Å². The Kier molecular flexibility index (Phi) is 72.6. The second-order valence-corrected chi connectivity index (χ2v) is 30.2. The summed E-state index contributed by atoms with van der Waals surface area (Å²) < 4.78 is 34.4. The minimum Gasteiger partial charge on any atom is -0.756 e. The molecule has 0 spiro atoms. The van der Waals surface area contributed by atoms with Crippen LogP contribution in [0.4, 0.5) is 0 Å². The van der Waals surface area contributed by atoms with Gasteiger partial charge in [0.1, 0.15) is 19.8 Å². The zero-order valence-electron chi connectivity index (χ0n) is 62.9. The zero-order chi connectivity index (χ0) is 68.3. The zero-order valence-corrected chi connectivity index (χ0v) is 63.8. The molecule has 94 heavy (non-hydrogen) atoms. The van der Waals surface area contributed by atoms with Crippen molar-refractivity contribution in [3.8, 4) is 0 Å². The monoisotopic (exact) mass is 1340 g/mol. The Labute approximate surface area is 584 Å². The van der Waals surface area contributed by atoms with Gasteiger partial charge in [-0.05, 0) is 83.5 Å². The van der Waals surface area contributed by atoms with Crippen LogP contribution in [0.25, 0.3) is 0 Å². The summed E-state index contributed by atoms with van der Waals surface area (Å²) in [7, 11) is 1.18. The van der Waals surface area contributed by atoms with Crippen LogP contribution in [-0.2, 0) is 32.7 Å². The lowest BCUT2D eigenvalue weighted by Gasteiger charge is -2.28. The summed E-state index contributed by atoms with van der Waals surface area (Å²) >= 11 is 0. The van der Waals surface area contributed by atoms with Crippen molar-refractivity contribution in [3.63, 3.8) is 0 Å². The smallest absolute Gasteiger partial charge is 0.306 e. The number of ether oxygens (including phenoxy) is 2. The first-order chi connectivity index (χ1) is 46.0. The van der Waals surface area contributed by atoms with Crippen LogP contribution in [0.5, 0.6) is 0 Å². The van der Waals surface area contributed by atoms with E-state index in [9.17, 15) is 19.0 Å². The fourth-order valence-electron chi connectivity index (χ4n) is 12.0.